The number of carboxylic acid groups (broad SMARTS) is 1. The van der Waals surface area contributed by atoms with Crippen LogP contribution in [-0.4, -0.2) is 11.1 Å². The SMILES string of the molecule is O=C(O)CC1CCC2CC2C1. The minimum absolute atomic E-state index is 0.406. The smallest absolute Gasteiger partial charge is 0.303 e. The largest absolute Gasteiger partial charge is 0.481 e. The molecule has 62 valence electrons. The summed E-state index contributed by atoms with van der Waals surface area (Å²) in [5.41, 5.74) is 0. The average Bonchev–Trinajstić information content (AvgIpc) is 2.63. The Kier molecular flexibility index (Phi) is 1.63. The van der Waals surface area contributed by atoms with Gasteiger partial charge in [0.15, 0.2) is 0 Å². The van der Waals surface area contributed by atoms with Gasteiger partial charge in [0.1, 0.15) is 0 Å². The third-order valence-corrected chi connectivity index (χ3v) is 3.11. The Balaban J connectivity index is 1.81. The van der Waals surface area contributed by atoms with Crippen molar-refractivity contribution in [3.8, 4) is 0 Å². The van der Waals surface area contributed by atoms with E-state index in [1.54, 1.807) is 0 Å². The second-order valence-electron chi connectivity index (χ2n) is 4.03. The molecule has 2 heteroatoms. The van der Waals surface area contributed by atoms with Gasteiger partial charge in [-0.1, -0.05) is 0 Å². The van der Waals surface area contributed by atoms with E-state index in [2.05, 4.69) is 0 Å². The van der Waals surface area contributed by atoms with Gasteiger partial charge in [0.2, 0.25) is 0 Å². The van der Waals surface area contributed by atoms with E-state index >= 15 is 0 Å². The molecule has 0 heterocycles. The number of aliphatic carboxylic acids is 1. The van der Waals surface area contributed by atoms with Gasteiger partial charge < -0.3 is 5.11 Å². The lowest BCUT2D eigenvalue weighted by Crippen LogP contribution is -2.12. The molecule has 3 unspecified atom stereocenters. The van der Waals surface area contributed by atoms with Crippen LogP contribution in [0.25, 0.3) is 0 Å². The Labute approximate surface area is 66.6 Å². The molecule has 0 aromatic carbocycles. The van der Waals surface area contributed by atoms with E-state index in [0.717, 1.165) is 18.3 Å². The molecule has 2 aliphatic carbocycles. The monoisotopic (exact) mass is 154 g/mol. The first-order valence-corrected chi connectivity index (χ1v) is 4.47. The molecule has 1 N–H and O–H groups in total. The minimum Gasteiger partial charge on any atom is -0.481 e. The van der Waals surface area contributed by atoms with Gasteiger partial charge in [0.05, 0.1) is 0 Å². The van der Waals surface area contributed by atoms with Crippen molar-refractivity contribution in [1.82, 2.24) is 0 Å². The molecule has 0 bridgehead atoms. The summed E-state index contributed by atoms with van der Waals surface area (Å²) in [5.74, 6) is 1.78. The highest BCUT2D eigenvalue weighted by atomic mass is 16.4. The quantitative estimate of drug-likeness (QED) is 0.659. The van der Waals surface area contributed by atoms with Crippen LogP contribution in [0.15, 0.2) is 0 Å². The zero-order valence-corrected chi connectivity index (χ0v) is 6.62. The maximum atomic E-state index is 10.4. The van der Waals surface area contributed by atoms with Crippen LogP contribution in [0.5, 0.6) is 0 Å². The third kappa shape index (κ3) is 1.55. The summed E-state index contributed by atoms with van der Waals surface area (Å²) >= 11 is 0. The van der Waals surface area contributed by atoms with Crippen molar-refractivity contribution in [3.63, 3.8) is 0 Å². The number of hydrogen-bond acceptors (Lipinski definition) is 1. The predicted molar refractivity (Wildman–Crippen MR) is 41.2 cm³/mol. The number of fused-ring (bicyclic) bond motifs is 1. The molecule has 11 heavy (non-hydrogen) atoms. The van der Waals surface area contributed by atoms with Crippen molar-refractivity contribution in [2.24, 2.45) is 17.8 Å². The summed E-state index contributed by atoms with van der Waals surface area (Å²) in [4.78, 5) is 10.4. The molecule has 2 fully saturated rings. The summed E-state index contributed by atoms with van der Waals surface area (Å²) in [7, 11) is 0. The van der Waals surface area contributed by atoms with Crippen molar-refractivity contribution >= 4 is 5.97 Å². The van der Waals surface area contributed by atoms with Gasteiger partial charge in [-0.05, 0) is 43.4 Å². The van der Waals surface area contributed by atoms with Crippen LogP contribution >= 0.6 is 0 Å². The van der Waals surface area contributed by atoms with E-state index in [0.29, 0.717) is 12.3 Å². The Bertz CT molecular complexity index is 176. The zero-order chi connectivity index (χ0) is 7.84. The Morgan fingerprint density at radius 1 is 1.27 bits per heavy atom. The fraction of sp³-hybridized carbons (Fsp3) is 0.889. The van der Waals surface area contributed by atoms with Crippen molar-refractivity contribution < 1.29 is 9.90 Å². The molecule has 0 saturated heterocycles. The van der Waals surface area contributed by atoms with Gasteiger partial charge in [-0.15, -0.1) is 0 Å². The first kappa shape index (κ1) is 7.14. The lowest BCUT2D eigenvalue weighted by Gasteiger charge is -2.18. The van der Waals surface area contributed by atoms with Gasteiger partial charge in [-0.25, -0.2) is 0 Å². The van der Waals surface area contributed by atoms with E-state index in [-0.39, 0.29) is 0 Å². The minimum atomic E-state index is -0.617. The second-order valence-corrected chi connectivity index (χ2v) is 4.03. The molecule has 0 aromatic heterocycles. The summed E-state index contributed by atoms with van der Waals surface area (Å²) in [6.07, 6.45) is 5.44. The summed E-state index contributed by atoms with van der Waals surface area (Å²) in [5, 5.41) is 8.57. The molecule has 0 radical (unpaired) electrons. The van der Waals surface area contributed by atoms with Crippen LogP contribution in [-0.2, 0) is 4.79 Å². The maximum Gasteiger partial charge on any atom is 0.303 e. The molecule has 0 aromatic rings. The van der Waals surface area contributed by atoms with E-state index in [9.17, 15) is 4.79 Å². The van der Waals surface area contributed by atoms with Crippen molar-refractivity contribution in [2.45, 2.75) is 32.1 Å². The lowest BCUT2D eigenvalue weighted by molar-refractivity contribution is -0.138. The second kappa shape index (κ2) is 2.50. The molecule has 2 nitrogen and oxygen atoms in total. The lowest BCUT2D eigenvalue weighted by atomic mass is 9.87. The third-order valence-electron chi connectivity index (χ3n) is 3.11. The van der Waals surface area contributed by atoms with Crippen LogP contribution in [0, 0.1) is 17.8 Å². The fourth-order valence-electron chi connectivity index (χ4n) is 2.38. The fourth-order valence-corrected chi connectivity index (χ4v) is 2.38. The van der Waals surface area contributed by atoms with Crippen LogP contribution < -0.4 is 0 Å². The first-order valence-electron chi connectivity index (χ1n) is 4.47. The normalized spacial score (nSPS) is 41.3. The highest BCUT2D eigenvalue weighted by molar-refractivity contribution is 5.67. The Morgan fingerprint density at radius 3 is 2.73 bits per heavy atom. The van der Waals surface area contributed by atoms with Crippen molar-refractivity contribution in [2.75, 3.05) is 0 Å². The van der Waals surface area contributed by atoms with Crippen molar-refractivity contribution in [3.05, 3.63) is 0 Å². The van der Waals surface area contributed by atoms with Gasteiger partial charge in [-0.2, -0.15) is 0 Å². The van der Waals surface area contributed by atoms with Gasteiger partial charge in [0.25, 0.3) is 0 Å². The van der Waals surface area contributed by atoms with E-state index in [1.165, 1.54) is 19.3 Å². The van der Waals surface area contributed by atoms with Crippen LogP contribution in [0.4, 0.5) is 0 Å². The molecule has 3 atom stereocenters. The van der Waals surface area contributed by atoms with E-state index in [1.807, 2.05) is 0 Å². The van der Waals surface area contributed by atoms with Crippen LogP contribution in [0.2, 0.25) is 0 Å². The topological polar surface area (TPSA) is 37.3 Å². The van der Waals surface area contributed by atoms with Gasteiger partial charge in [0, 0.05) is 6.42 Å². The number of rotatable bonds is 2. The van der Waals surface area contributed by atoms with Crippen LogP contribution in [0.1, 0.15) is 32.1 Å². The molecule has 2 rings (SSSR count). The summed E-state index contributed by atoms with van der Waals surface area (Å²) < 4.78 is 0. The Morgan fingerprint density at radius 2 is 2.09 bits per heavy atom. The zero-order valence-electron chi connectivity index (χ0n) is 6.62. The van der Waals surface area contributed by atoms with E-state index < -0.39 is 5.97 Å². The summed E-state index contributed by atoms with van der Waals surface area (Å²) in [6.45, 7) is 0. The molecule has 0 amide bonds. The molecular weight excluding hydrogens is 140 g/mol. The first-order chi connectivity index (χ1) is 5.25. The predicted octanol–water partition coefficient (Wildman–Crippen LogP) is 1.90. The summed E-state index contributed by atoms with van der Waals surface area (Å²) in [6, 6.07) is 0. The Hall–Kier alpha value is -0.530. The molecule has 2 saturated carbocycles. The van der Waals surface area contributed by atoms with Crippen molar-refractivity contribution in [1.29, 1.82) is 0 Å². The standard InChI is InChI=1S/C9H14O2/c10-9(11)4-6-1-2-7-5-8(7)3-6/h6-8H,1-5H2,(H,10,11). The van der Waals surface area contributed by atoms with Gasteiger partial charge in [-0.3, -0.25) is 4.79 Å². The molecule has 0 spiro atoms. The molecule has 0 aliphatic heterocycles. The van der Waals surface area contributed by atoms with E-state index in [4.69, 9.17) is 5.11 Å². The maximum absolute atomic E-state index is 10.4. The molecular formula is C9H14O2. The van der Waals surface area contributed by atoms with Crippen LogP contribution in [0.3, 0.4) is 0 Å². The number of carbonyl (C=O) groups is 1. The highest BCUT2D eigenvalue weighted by Gasteiger charge is 2.42. The van der Waals surface area contributed by atoms with Gasteiger partial charge >= 0.3 is 5.97 Å². The number of hydrogen-bond donors (Lipinski definition) is 1. The number of carboxylic acids is 1. The highest BCUT2D eigenvalue weighted by Crippen LogP contribution is 2.51. The average molecular weight is 154 g/mol. The molecule has 2 aliphatic rings.